The van der Waals surface area contributed by atoms with E-state index in [2.05, 4.69) is 10.6 Å². The average Bonchev–Trinajstić information content (AvgIpc) is 2.59. The molecule has 2 fully saturated rings. The minimum atomic E-state index is -0.0375. The molecular formula is C11H19N3O3. The van der Waals surface area contributed by atoms with E-state index >= 15 is 0 Å². The molecule has 17 heavy (non-hydrogen) atoms. The highest BCUT2D eigenvalue weighted by Gasteiger charge is 2.28. The van der Waals surface area contributed by atoms with Crippen LogP contribution in [0.5, 0.6) is 0 Å². The van der Waals surface area contributed by atoms with Crippen molar-refractivity contribution in [1.82, 2.24) is 15.5 Å². The zero-order valence-electron chi connectivity index (χ0n) is 10.1. The van der Waals surface area contributed by atoms with Crippen LogP contribution in [0.15, 0.2) is 0 Å². The lowest BCUT2D eigenvalue weighted by Gasteiger charge is -2.23. The Hall–Kier alpha value is -1.14. The Kier molecular flexibility index (Phi) is 3.96. The molecule has 2 rings (SSSR count). The first-order valence-electron chi connectivity index (χ1n) is 5.99. The van der Waals surface area contributed by atoms with E-state index in [1.165, 1.54) is 0 Å². The van der Waals surface area contributed by atoms with Gasteiger partial charge in [0.2, 0.25) is 11.8 Å². The molecule has 2 atom stereocenters. The van der Waals surface area contributed by atoms with E-state index in [1.807, 2.05) is 0 Å². The van der Waals surface area contributed by atoms with Gasteiger partial charge in [-0.15, -0.1) is 0 Å². The summed E-state index contributed by atoms with van der Waals surface area (Å²) in [6.07, 6.45) is 0.825. The summed E-state index contributed by atoms with van der Waals surface area (Å²) in [7, 11) is 1.75. The summed E-state index contributed by atoms with van der Waals surface area (Å²) in [4.78, 5) is 24.7. The third-order valence-corrected chi connectivity index (χ3v) is 3.14. The number of likely N-dealkylation sites (N-methyl/N-ethyl adjacent to an activating group) is 1. The molecule has 0 aromatic carbocycles. The maximum absolute atomic E-state index is 11.7. The first kappa shape index (κ1) is 12.3. The fraction of sp³-hybridized carbons (Fsp3) is 0.818. The van der Waals surface area contributed by atoms with E-state index in [-0.39, 0.29) is 23.9 Å². The highest BCUT2D eigenvalue weighted by atomic mass is 16.5. The van der Waals surface area contributed by atoms with E-state index in [0.717, 1.165) is 6.54 Å². The number of hydrogen-bond acceptors (Lipinski definition) is 4. The van der Waals surface area contributed by atoms with Crippen molar-refractivity contribution in [3.63, 3.8) is 0 Å². The molecule has 0 aromatic heterocycles. The third-order valence-electron chi connectivity index (χ3n) is 3.14. The molecule has 6 nitrogen and oxygen atoms in total. The molecule has 0 aromatic rings. The average molecular weight is 241 g/mol. The van der Waals surface area contributed by atoms with Crippen LogP contribution < -0.4 is 10.6 Å². The summed E-state index contributed by atoms with van der Waals surface area (Å²) in [6.45, 7) is 2.69. The first-order chi connectivity index (χ1) is 8.15. The number of nitrogens with one attached hydrogen (secondary N) is 2. The monoisotopic (exact) mass is 241 g/mol. The van der Waals surface area contributed by atoms with Gasteiger partial charge in [-0.25, -0.2) is 0 Å². The highest BCUT2D eigenvalue weighted by Crippen LogP contribution is 2.09. The largest absolute Gasteiger partial charge is 0.378 e. The second kappa shape index (κ2) is 5.46. The Bertz CT molecular complexity index is 302. The Morgan fingerprint density at radius 2 is 2.47 bits per heavy atom. The maximum atomic E-state index is 11.7. The predicted octanol–water partition coefficient (Wildman–Crippen LogP) is -1.29. The fourth-order valence-corrected chi connectivity index (χ4v) is 2.22. The van der Waals surface area contributed by atoms with Crippen molar-refractivity contribution in [2.45, 2.75) is 24.9 Å². The maximum Gasteiger partial charge on any atom is 0.224 e. The smallest absolute Gasteiger partial charge is 0.224 e. The van der Waals surface area contributed by atoms with Crippen molar-refractivity contribution in [2.75, 3.05) is 33.4 Å². The van der Waals surface area contributed by atoms with Gasteiger partial charge < -0.3 is 20.3 Å². The molecule has 2 saturated heterocycles. The van der Waals surface area contributed by atoms with Crippen LogP contribution in [0, 0.1) is 0 Å². The lowest BCUT2D eigenvalue weighted by molar-refractivity contribution is -0.126. The second-order valence-corrected chi connectivity index (χ2v) is 4.67. The Balaban J connectivity index is 1.72. The molecule has 0 bridgehead atoms. The SMILES string of the molecule is CN1CC(NC(=O)CC2COCCN2)CC1=O. The summed E-state index contributed by atoms with van der Waals surface area (Å²) in [5.74, 6) is 0.0792. The molecule has 2 amide bonds. The third kappa shape index (κ3) is 3.41. The first-order valence-corrected chi connectivity index (χ1v) is 5.99. The van der Waals surface area contributed by atoms with Crippen molar-refractivity contribution >= 4 is 11.8 Å². The summed E-state index contributed by atoms with van der Waals surface area (Å²) in [5, 5.41) is 6.12. The van der Waals surface area contributed by atoms with Gasteiger partial charge in [-0.2, -0.15) is 0 Å². The highest BCUT2D eigenvalue weighted by molar-refractivity contribution is 5.82. The van der Waals surface area contributed by atoms with E-state index in [1.54, 1.807) is 11.9 Å². The quantitative estimate of drug-likeness (QED) is 0.645. The number of rotatable bonds is 3. The Morgan fingerprint density at radius 3 is 3.06 bits per heavy atom. The van der Waals surface area contributed by atoms with Gasteiger partial charge in [0.1, 0.15) is 0 Å². The summed E-state index contributed by atoms with van der Waals surface area (Å²) < 4.78 is 5.28. The molecule has 0 saturated carbocycles. The van der Waals surface area contributed by atoms with Crippen molar-refractivity contribution in [3.05, 3.63) is 0 Å². The van der Waals surface area contributed by atoms with Gasteiger partial charge in [0.05, 0.1) is 19.3 Å². The predicted molar refractivity (Wildman–Crippen MR) is 61.4 cm³/mol. The van der Waals surface area contributed by atoms with E-state index < -0.39 is 0 Å². The molecule has 0 spiro atoms. The topological polar surface area (TPSA) is 70.7 Å². The Morgan fingerprint density at radius 1 is 1.65 bits per heavy atom. The van der Waals surface area contributed by atoms with Crippen LogP contribution in [-0.4, -0.2) is 62.1 Å². The molecule has 0 aliphatic carbocycles. The van der Waals surface area contributed by atoms with Crippen molar-refractivity contribution < 1.29 is 14.3 Å². The number of nitrogens with zero attached hydrogens (tertiary/aromatic N) is 1. The van der Waals surface area contributed by atoms with Gasteiger partial charge in [-0.05, 0) is 0 Å². The van der Waals surface area contributed by atoms with Crippen molar-refractivity contribution in [2.24, 2.45) is 0 Å². The summed E-state index contributed by atoms with van der Waals surface area (Å²) in [6, 6.07) is 0.0584. The van der Waals surface area contributed by atoms with Crippen LogP contribution in [0.25, 0.3) is 0 Å². The number of ether oxygens (including phenoxy) is 1. The van der Waals surface area contributed by atoms with Gasteiger partial charge in [0, 0.05) is 39.0 Å². The molecule has 6 heteroatoms. The lowest BCUT2D eigenvalue weighted by Crippen LogP contribution is -2.46. The van der Waals surface area contributed by atoms with Gasteiger partial charge in [-0.1, -0.05) is 0 Å². The number of amides is 2. The van der Waals surface area contributed by atoms with E-state index in [9.17, 15) is 9.59 Å². The van der Waals surface area contributed by atoms with Crippen LogP contribution in [-0.2, 0) is 14.3 Å². The van der Waals surface area contributed by atoms with Gasteiger partial charge >= 0.3 is 0 Å². The van der Waals surface area contributed by atoms with Gasteiger partial charge in [-0.3, -0.25) is 9.59 Å². The van der Waals surface area contributed by atoms with E-state index in [0.29, 0.717) is 32.6 Å². The summed E-state index contributed by atoms with van der Waals surface area (Å²) in [5.41, 5.74) is 0. The molecule has 96 valence electrons. The molecule has 0 radical (unpaired) electrons. The van der Waals surface area contributed by atoms with Crippen LogP contribution in [0.4, 0.5) is 0 Å². The zero-order valence-corrected chi connectivity index (χ0v) is 10.1. The summed E-state index contributed by atoms with van der Waals surface area (Å²) >= 11 is 0. The minimum absolute atomic E-state index is 0.0129. The van der Waals surface area contributed by atoms with Crippen molar-refractivity contribution in [3.8, 4) is 0 Å². The van der Waals surface area contributed by atoms with Crippen molar-refractivity contribution in [1.29, 1.82) is 0 Å². The fourth-order valence-electron chi connectivity index (χ4n) is 2.22. The van der Waals surface area contributed by atoms with Crippen LogP contribution in [0.1, 0.15) is 12.8 Å². The Labute approximate surface area is 101 Å². The molecule has 2 unspecified atom stereocenters. The lowest BCUT2D eigenvalue weighted by atomic mass is 10.1. The minimum Gasteiger partial charge on any atom is -0.378 e. The number of hydrogen-bond donors (Lipinski definition) is 2. The number of morpholine rings is 1. The van der Waals surface area contributed by atoms with Crippen LogP contribution in [0.3, 0.4) is 0 Å². The zero-order chi connectivity index (χ0) is 12.3. The van der Waals surface area contributed by atoms with Gasteiger partial charge in [0.15, 0.2) is 0 Å². The number of carbonyl (C=O) groups excluding carboxylic acids is 2. The van der Waals surface area contributed by atoms with E-state index in [4.69, 9.17) is 4.74 Å². The number of carbonyl (C=O) groups is 2. The molecule has 2 aliphatic rings. The van der Waals surface area contributed by atoms with Crippen LogP contribution >= 0.6 is 0 Å². The molecule has 2 N–H and O–H groups in total. The van der Waals surface area contributed by atoms with Crippen LogP contribution in [0.2, 0.25) is 0 Å². The van der Waals surface area contributed by atoms with Gasteiger partial charge in [0.25, 0.3) is 0 Å². The number of likely N-dealkylation sites (tertiary alicyclic amines) is 1. The standard InChI is InChI=1S/C11H19N3O3/c1-14-6-8(5-11(14)16)13-10(15)4-9-7-17-3-2-12-9/h8-9,12H,2-7H2,1H3,(H,13,15). The second-order valence-electron chi connectivity index (χ2n) is 4.67. The molecular weight excluding hydrogens is 222 g/mol. The normalized spacial score (nSPS) is 29.5. The molecule has 2 heterocycles. The molecule has 2 aliphatic heterocycles.